The third-order valence-corrected chi connectivity index (χ3v) is 4.98. The quantitative estimate of drug-likeness (QED) is 0.596. The highest BCUT2D eigenvalue weighted by Crippen LogP contribution is 2.37. The van der Waals surface area contributed by atoms with Gasteiger partial charge in [0.05, 0.1) is 4.92 Å². The summed E-state index contributed by atoms with van der Waals surface area (Å²) >= 11 is 0. The lowest BCUT2D eigenvalue weighted by Gasteiger charge is -2.46. The predicted molar refractivity (Wildman–Crippen MR) is 111 cm³/mol. The van der Waals surface area contributed by atoms with Crippen LogP contribution in [0.1, 0.15) is 40.5 Å². The van der Waals surface area contributed by atoms with Crippen LogP contribution < -0.4 is 15.5 Å². The second kappa shape index (κ2) is 7.35. The molecule has 1 aromatic heterocycles. The fraction of sp³-hybridized carbons (Fsp3) is 0.500. The summed E-state index contributed by atoms with van der Waals surface area (Å²) < 4.78 is 0. The van der Waals surface area contributed by atoms with Crippen LogP contribution in [-0.4, -0.2) is 39.1 Å². The first kappa shape index (κ1) is 20.0. The molecule has 0 atom stereocenters. The molecule has 0 saturated carbocycles. The van der Waals surface area contributed by atoms with Crippen molar-refractivity contribution in [2.75, 3.05) is 17.3 Å². The molecule has 1 aliphatic rings. The Morgan fingerprint density at radius 3 is 2.32 bits per heavy atom. The highest BCUT2D eigenvalue weighted by molar-refractivity contribution is 5.75. The molecule has 28 heavy (non-hydrogen) atoms. The summed E-state index contributed by atoms with van der Waals surface area (Å²) in [5.74, 6) is 0.525. The molecule has 0 unspecified atom stereocenters. The van der Waals surface area contributed by atoms with Crippen molar-refractivity contribution in [3.05, 3.63) is 46.8 Å². The van der Waals surface area contributed by atoms with Crippen molar-refractivity contribution in [1.29, 1.82) is 0 Å². The zero-order valence-electron chi connectivity index (χ0n) is 17.1. The molecule has 1 aliphatic heterocycles. The van der Waals surface area contributed by atoms with Gasteiger partial charge < -0.3 is 15.5 Å². The molecule has 150 valence electrons. The number of hydrogen-bond acceptors (Lipinski definition) is 7. The van der Waals surface area contributed by atoms with Crippen molar-refractivity contribution in [1.82, 2.24) is 15.3 Å². The summed E-state index contributed by atoms with van der Waals surface area (Å²) in [6, 6.07) is 9.51. The molecular formula is C20H28N6O2. The first-order chi connectivity index (χ1) is 13.1. The van der Waals surface area contributed by atoms with E-state index in [9.17, 15) is 10.1 Å². The molecule has 3 rings (SSSR count). The molecule has 2 aromatic rings. The number of nitrogens with one attached hydrogen (secondary N) is 2. The van der Waals surface area contributed by atoms with E-state index in [-0.39, 0.29) is 34.4 Å². The lowest BCUT2D eigenvalue weighted by Crippen LogP contribution is -2.60. The number of nitro groups is 1. The summed E-state index contributed by atoms with van der Waals surface area (Å²) in [6.07, 6.45) is 3.05. The Hall–Kier alpha value is -2.74. The van der Waals surface area contributed by atoms with Gasteiger partial charge in [0, 0.05) is 29.9 Å². The lowest BCUT2D eigenvalue weighted by molar-refractivity contribution is -0.383. The van der Waals surface area contributed by atoms with Gasteiger partial charge in [-0.1, -0.05) is 18.2 Å². The second-order valence-corrected chi connectivity index (χ2v) is 8.69. The van der Waals surface area contributed by atoms with Gasteiger partial charge in [0.15, 0.2) is 0 Å². The lowest BCUT2D eigenvalue weighted by atomic mass is 9.79. The summed E-state index contributed by atoms with van der Waals surface area (Å²) in [5.41, 5.74) is 0.554. The Morgan fingerprint density at radius 1 is 1.14 bits per heavy atom. The van der Waals surface area contributed by atoms with Crippen LogP contribution in [0.2, 0.25) is 0 Å². The normalized spacial score (nSPS) is 18.5. The molecule has 0 aliphatic carbocycles. The predicted octanol–water partition coefficient (Wildman–Crippen LogP) is 3.87. The molecule has 1 fully saturated rings. The van der Waals surface area contributed by atoms with E-state index in [2.05, 4.69) is 48.3 Å². The number of para-hydroxylation sites is 1. The molecule has 0 radical (unpaired) electrons. The van der Waals surface area contributed by atoms with Crippen LogP contribution >= 0.6 is 0 Å². The topological polar surface area (TPSA) is 96.2 Å². The van der Waals surface area contributed by atoms with E-state index in [1.807, 2.05) is 30.3 Å². The SMILES string of the molecule is CN(c1ccccc1)c1ncnc(NC2CC(C)(C)NC(C)(C)C2)c1[N+](=O)[O-]. The first-order valence-electron chi connectivity index (χ1n) is 9.42. The van der Waals surface area contributed by atoms with E-state index in [0.29, 0.717) is 0 Å². The number of rotatable bonds is 5. The average Bonchev–Trinajstić information content (AvgIpc) is 2.58. The maximum atomic E-state index is 11.9. The van der Waals surface area contributed by atoms with E-state index in [1.54, 1.807) is 11.9 Å². The third kappa shape index (κ3) is 4.39. The number of nitrogens with zero attached hydrogens (tertiary/aromatic N) is 4. The molecule has 1 saturated heterocycles. The van der Waals surface area contributed by atoms with Crippen molar-refractivity contribution in [2.24, 2.45) is 0 Å². The van der Waals surface area contributed by atoms with Gasteiger partial charge in [-0.3, -0.25) is 10.1 Å². The van der Waals surface area contributed by atoms with Crippen LogP contribution in [0.5, 0.6) is 0 Å². The number of aromatic nitrogens is 2. The highest BCUT2D eigenvalue weighted by atomic mass is 16.6. The molecular weight excluding hydrogens is 356 g/mol. The van der Waals surface area contributed by atoms with Crippen LogP contribution in [-0.2, 0) is 0 Å². The Balaban J connectivity index is 1.95. The van der Waals surface area contributed by atoms with Crippen molar-refractivity contribution in [2.45, 2.75) is 57.7 Å². The zero-order chi connectivity index (χ0) is 20.5. The monoisotopic (exact) mass is 384 g/mol. The molecule has 8 heteroatoms. The van der Waals surface area contributed by atoms with E-state index < -0.39 is 4.92 Å². The minimum absolute atomic E-state index is 0.0646. The van der Waals surface area contributed by atoms with Gasteiger partial charge in [-0.25, -0.2) is 9.97 Å². The van der Waals surface area contributed by atoms with Gasteiger partial charge in [-0.15, -0.1) is 0 Å². The van der Waals surface area contributed by atoms with E-state index >= 15 is 0 Å². The van der Waals surface area contributed by atoms with Gasteiger partial charge in [0.25, 0.3) is 0 Å². The van der Waals surface area contributed by atoms with Crippen LogP contribution in [0, 0.1) is 10.1 Å². The van der Waals surface area contributed by atoms with Crippen molar-refractivity contribution in [3.63, 3.8) is 0 Å². The van der Waals surface area contributed by atoms with Gasteiger partial charge in [-0.05, 0) is 52.7 Å². The summed E-state index contributed by atoms with van der Waals surface area (Å²) in [4.78, 5) is 21.6. The Kier molecular flexibility index (Phi) is 5.25. The Bertz CT molecular complexity index is 837. The fourth-order valence-electron chi connectivity index (χ4n) is 4.28. The van der Waals surface area contributed by atoms with E-state index in [0.717, 1.165) is 18.5 Å². The van der Waals surface area contributed by atoms with E-state index in [4.69, 9.17) is 0 Å². The standard InChI is InChI=1S/C20H28N6O2/c1-19(2)11-14(12-20(3,4)24-19)23-17-16(26(27)28)18(22-13-21-17)25(5)15-9-7-6-8-10-15/h6-10,13-14,24H,11-12H2,1-5H3,(H,21,22,23). The fourth-order valence-corrected chi connectivity index (χ4v) is 4.28. The minimum Gasteiger partial charge on any atom is -0.361 e. The first-order valence-corrected chi connectivity index (χ1v) is 9.42. The second-order valence-electron chi connectivity index (χ2n) is 8.69. The van der Waals surface area contributed by atoms with Gasteiger partial charge >= 0.3 is 5.69 Å². The molecule has 2 heterocycles. The Morgan fingerprint density at radius 2 is 1.75 bits per heavy atom. The number of benzene rings is 1. The van der Waals surface area contributed by atoms with Crippen molar-refractivity contribution in [3.8, 4) is 0 Å². The van der Waals surface area contributed by atoms with Crippen LogP contribution in [0.4, 0.5) is 23.0 Å². The van der Waals surface area contributed by atoms with Crippen molar-refractivity contribution < 1.29 is 4.92 Å². The molecule has 0 amide bonds. The molecule has 2 N–H and O–H groups in total. The van der Waals surface area contributed by atoms with Gasteiger partial charge in [0.1, 0.15) is 6.33 Å². The van der Waals surface area contributed by atoms with Crippen LogP contribution in [0.15, 0.2) is 36.7 Å². The highest BCUT2D eigenvalue weighted by Gasteiger charge is 2.39. The van der Waals surface area contributed by atoms with Crippen LogP contribution in [0.3, 0.4) is 0 Å². The maximum Gasteiger partial charge on any atom is 0.353 e. The zero-order valence-corrected chi connectivity index (χ0v) is 17.1. The van der Waals surface area contributed by atoms with E-state index in [1.165, 1.54) is 6.33 Å². The summed E-state index contributed by atoms with van der Waals surface area (Å²) in [6.45, 7) is 8.58. The molecule has 8 nitrogen and oxygen atoms in total. The smallest absolute Gasteiger partial charge is 0.353 e. The number of piperidine rings is 1. The summed E-state index contributed by atoms with van der Waals surface area (Å²) in [7, 11) is 1.77. The minimum atomic E-state index is -0.408. The third-order valence-electron chi connectivity index (χ3n) is 4.98. The number of anilines is 3. The van der Waals surface area contributed by atoms with Gasteiger partial charge in [0.2, 0.25) is 11.6 Å². The largest absolute Gasteiger partial charge is 0.361 e. The molecule has 1 aromatic carbocycles. The van der Waals surface area contributed by atoms with Crippen LogP contribution in [0.25, 0.3) is 0 Å². The van der Waals surface area contributed by atoms with Gasteiger partial charge in [-0.2, -0.15) is 0 Å². The maximum absolute atomic E-state index is 11.9. The molecule has 0 spiro atoms. The number of hydrogen-bond donors (Lipinski definition) is 2. The summed E-state index contributed by atoms with van der Waals surface area (Å²) in [5, 5.41) is 18.9. The van der Waals surface area contributed by atoms with Crippen molar-refractivity contribution >= 4 is 23.0 Å². The Labute approximate surface area is 165 Å². The molecule has 0 bridgehead atoms. The average molecular weight is 384 g/mol.